The maximum Gasteiger partial charge on any atom is 0.251 e. The molecule has 0 saturated heterocycles. The number of anilines is 1. The SMILES string of the molecule is CCN(C(=O)C(C)n1cccn1)c1cc(C)cc(C)c1. The van der Waals surface area contributed by atoms with Gasteiger partial charge in [-0.15, -0.1) is 0 Å². The number of aromatic nitrogens is 2. The topological polar surface area (TPSA) is 38.1 Å². The Labute approximate surface area is 120 Å². The minimum Gasteiger partial charge on any atom is -0.311 e. The fourth-order valence-corrected chi connectivity index (χ4v) is 2.42. The van der Waals surface area contributed by atoms with Crippen molar-refractivity contribution in [2.24, 2.45) is 0 Å². The molecule has 0 radical (unpaired) electrons. The minimum absolute atomic E-state index is 0.0567. The molecule has 20 heavy (non-hydrogen) atoms. The third-order valence-corrected chi connectivity index (χ3v) is 3.38. The molecule has 2 rings (SSSR count). The van der Waals surface area contributed by atoms with Crippen LogP contribution in [0.15, 0.2) is 36.7 Å². The number of nitrogens with zero attached hydrogens (tertiary/aromatic N) is 3. The summed E-state index contributed by atoms with van der Waals surface area (Å²) < 4.78 is 1.69. The Kier molecular flexibility index (Phi) is 4.23. The number of aryl methyl sites for hydroxylation is 2. The van der Waals surface area contributed by atoms with E-state index < -0.39 is 0 Å². The van der Waals surface area contributed by atoms with E-state index in [0.29, 0.717) is 6.54 Å². The zero-order valence-corrected chi connectivity index (χ0v) is 12.5. The second kappa shape index (κ2) is 5.90. The lowest BCUT2D eigenvalue weighted by Crippen LogP contribution is -2.36. The van der Waals surface area contributed by atoms with Gasteiger partial charge in [0.05, 0.1) is 0 Å². The van der Waals surface area contributed by atoms with Gasteiger partial charge in [0.2, 0.25) is 0 Å². The lowest BCUT2D eigenvalue weighted by molar-refractivity contribution is -0.121. The van der Waals surface area contributed by atoms with Gasteiger partial charge in [0.15, 0.2) is 0 Å². The Hall–Kier alpha value is -2.10. The van der Waals surface area contributed by atoms with Crippen LogP contribution < -0.4 is 4.90 Å². The normalized spacial score (nSPS) is 12.2. The molecule has 106 valence electrons. The Morgan fingerprint density at radius 1 is 1.30 bits per heavy atom. The lowest BCUT2D eigenvalue weighted by atomic mass is 10.1. The molecular weight excluding hydrogens is 250 g/mol. The van der Waals surface area contributed by atoms with Crippen LogP contribution in [0.1, 0.15) is 31.0 Å². The van der Waals surface area contributed by atoms with Crippen molar-refractivity contribution in [1.29, 1.82) is 0 Å². The van der Waals surface area contributed by atoms with Crippen LogP contribution in [-0.2, 0) is 4.79 Å². The number of likely N-dealkylation sites (N-methyl/N-ethyl adjacent to an activating group) is 1. The highest BCUT2D eigenvalue weighted by Gasteiger charge is 2.22. The molecule has 4 nitrogen and oxygen atoms in total. The summed E-state index contributed by atoms with van der Waals surface area (Å²) in [4.78, 5) is 14.5. The van der Waals surface area contributed by atoms with Crippen molar-refractivity contribution >= 4 is 11.6 Å². The molecule has 0 N–H and O–H groups in total. The summed E-state index contributed by atoms with van der Waals surface area (Å²) in [5.74, 6) is 0.0567. The van der Waals surface area contributed by atoms with Crippen LogP contribution in [0.3, 0.4) is 0 Å². The van der Waals surface area contributed by atoms with E-state index in [1.54, 1.807) is 10.9 Å². The first-order chi connectivity index (χ1) is 9.52. The number of hydrogen-bond donors (Lipinski definition) is 0. The maximum absolute atomic E-state index is 12.7. The highest BCUT2D eigenvalue weighted by atomic mass is 16.2. The molecule has 0 aliphatic carbocycles. The first-order valence-electron chi connectivity index (χ1n) is 6.91. The van der Waals surface area contributed by atoms with Gasteiger partial charge in [-0.25, -0.2) is 0 Å². The van der Waals surface area contributed by atoms with E-state index in [4.69, 9.17) is 0 Å². The van der Waals surface area contributed by atoms with E-state index in [-0.39, 0.29) is 11.9 Å². The van der Waals surface area contributed by atoms with E-state index in [1.165, 1.54) is 0 Å². The molecule has 0 saturated carbocycles. The van der Waals surface area contributed by atoms with Crippen molar-refractivity contribution in [1.82, 2.24) is 9.78 Å². The average molecular weight is 271 g/mol. The van der Waals surface area contributed by atoms with Gasteiger partial charge in [0.1, 0.15) is 6.04 Å². The standard InChI is InChI=1S/C16H21N3O/c1-5-18(15-10-12(2)9-13(3)11-15)16(20)14(4)19-8-6-7-17-19/h6-11,14H,5H2,1-4H3. The molecule has 1 amide bonds. The fourth-order valence-electron chi connectivity index (χ4n) is 2.42. The Bertz CT molecular complexity index is 570. The van der Waals surface area contributed by atoms with Crippen molar-refractivity contribution in [2.45, 2.75) is 33.7 Å². The van der Waals surface area contributed by atoms with E-state index in [9.17, 15) is 4.79 Å². The average Bonchev–Trinajstić information content (AvgIpc) is 2.91. The number of carbonyl (C=O) groups is 1. The number of rotatable bonds is 4. The molecule has 1 aromatic heterocycles. The second-order valence-electron chi connectivity index (χ2n) is 5.09. The summed E-state index contributed by atoms with van der Waals surface area (Å²) in [6, 6.07) is 7.73. The summed E-state index contributed by atoms with van der Waals surface area (Å²) in [6.07, 6.45) is 3.51. The predicted octanol–water partition coefficient (Wildman–Crippen LogP) is 3.11. The first kappa shape index (κ1) is 14.3. The van der Waals surface area contributed by atoms with Crippen LogP contribution in [0.25, 0.3) is 0 Å². The third kappa shape index (κ3) is 2.90. The number of benzene rings is 1. The molecule has 0 fully saturated rings. The van der Waals surface area contributed by atoms with Gasteiger partial charge in [-0.1, -0.05) is 6.07 Å². The molecule has 1 atom stereocenters. The van der Waals surface area contributed by atoms with Crippen LogP contribution in [0.4, 0.5) is 5.69 Å². The quantitative estimate of drug-likeness (QED) is 0.857. The van der Waals surface area contributed by atoms with Gasteiger partial charge in [-0.05, 0) is 57.0 Å². The van der Waals surface area contributed by atoms with Gasteiger partial charge in [-0.2, -0.15) is 5.10 Å². The van der Waals surface area contributed by atoms with Gasteiger partial charge in [0.25, 0.3) is 5.91 Å². The lowest BCUT2D eigenvalue weighted by Gasteiger charge is -2.25. The van der Waals surface area contributed by atoms with E-state index in [2.05, 4.69) is 11.2 Å². The zero-order valence-electron chi connectivity index (χ0n) is 12.5. The van der Waals surface area contributed by atoms with E-state index >= 15 is 0 Å². The Morgan fingerprint density at radius 2 is 1.95 bits per heavy atom. The highest BCUT2D eigenvalue weighted by molar-refractivity contribution is 5.96. The van der Waals surface area contributed by atoms with Gasteiger partial charge in [0, 0.05) is 24.6 Å². The molecule has 1 unspecified atom stereocenters. The summed E-state index contributed by atoms with van der Waals surface area (Å²) in [6.45, 7) is 8.61. The van der Waals surface area contributed by atoms with Crippen LogP contribution >= 0.6 is 0 Å². The summed E-state index contributed by atoms with van der Waals surface area (Å²) >= 11 is 0. The van der Waals surface area contributed by atoms with Crippen LogP contribution in [-0.4, -0.2) is 22.2 Å². The number of hydrogen-bond acceptors (Lipinski definition) is 2. The Morgan fingerprint density at radius 3 is 2.45 bits per heavy atom. The first-order valence-corrected chi connectivity index (χ1v) is 6.91. The molecule has 0 spiro atoms. The van der Waals surface area contributed by atoms with Crippen molar-refractivity contribution in [3.63, 3.8) is 0 Å². The molecule has 0 aliphatic rings. The predicted molar refractivity (Wildman–Crippen MR) is 80.9 cm³/mol. The van der Waals surface area contributed by atoms with Crippen molar-refractivity contribution in [3.05, 3.63) is 47.8 Å². The molecule has 0 aliphatic heterocycles. The summed E-state index contributed by atoms with van der Waals surface area (Å²) in [5, 5.41) is 4.15. The van der Waals surface area contributed by atoms with Crippen molar-refractivity contribution in [3.8, 4) is 0 Å². The molecule has 0 bridgehead atoms. The second-order valence-corrected chi connectivity index (χ2v) is 5.09. The van der Waals surface area contributed by atoms with Gasteiger partial charge in [-0.3, -0.25) is 9.48 Å². The summed E-state index contributed by atoms with van der Waals surface area (Å²) in [7, 11) is 0. The molecule has 2 aromatic rings. The molecule has 1 aromatic carbocycles. The third-order valence-electron chi connectivity index (χ3n) is 3.38. The van der Waals surface area contributed by atoms with E-state index in [0.717, 1.165) is 16.8 Å². The minimum atomic E-state index is -0.300. The highest BCUT2D eigenvalue weighted by Crippen LogP contribution is 2.21. The molecule has 4 heteroatoms. The number of carbonyl (C=O) groups excluding carboxylic acids is 1. The number of amides is 1. The fraction of sp³-hybridized carbons (Fsp3) is 0.375. The monoisotopic (exact) mass is 271 g/mol. The largest absolute Gasteiger partial charge is 0.311 e. The van der Waals surface area contributed by atoms with Gasteiger partial charge < -0.3 is 4.90 Å². The molecule has 1 heterocycles. The van der Waals surface area contributed by atoms with Crippen LogP contribution in [0, 0.1) is 13.8 Å². The van der Waals surface area contributed by atoms with E-state index in [1.807, 2.05) is 57.0 Å². The van der Waals surface area contributed by atoms with Crippen molar-refractivity contribution in [2.75, 3.05) is 11.4 Å². The van der Waals surface area contributed by atoms with Crippen molar-refractivity contribution < 1.29 is 4.79 Å². The maximum atomic E-state index is 12.7. The zero-order chi connectivity index (χ0) is 14.7. The van der Waals surface area contributed by atoms with Crippen LogP contribution in [0.2, 0.25) is 0 Å². The van der Waals surface area contributed by atoms with Gasteiger partial charge >= 0.3 is 0 Å². The smallest absolute Gasteiger partial charge is 0.251 e. The summed E-state index contributed by atoms with van der Waals surface area (Å²) in [5.41, 5.74) is 3.28. The van der Waals surface area contributed by atoms with Crippen LogP contribution in [0.5, 0.6) is 0 Å². The Balaban J connectivity index is 2.29. The molecular formula is C16H21N3O.